The van der Waals surface area contributed by atoms with Gasteiger partial charge in [-0.2, -0.15) is 5.10 Å². The highest BCUT2D eigenvalue weighted by atomic mass is 35.5. The molecular formula is C8H11ClN2O. The van der Waals surface area contributed by atoms with Gasteiger partial charge in [0.2, 0.25) is 0 Å². The molecule has 1 aromatic heterocycles. The Morgan fingerprint density at radius 3 is 3.17 bits per heavy atom. The Bertz CT molecular complexity index is 237. The zero-order valence-corrected chi connectivity index (χ0v) is 7.42. The van der Waals surface area contributed by atoms with Gasteiger partial charge in [-0.1, -0.05) is 0 Å². The molecule has 0 aliphatic carbocycles. The molecule has 2 rings (SSSR count). The van der Waals surface area contributed by atoms with Gasteiger partial charge in [0, 0.05) is 17.8 Å². The van der Waals surface area contributed by atoms with E-state index in [1.54, 1.807) is 6.20 Å². The fourth-order valence-electron chi connectivity index (χ4n) is 1.49. The van der Waals surface area contributed by atoms with Crippen molar-refractivity contribution in [1.29, 1.82) is 0 Å². The van der Waals surface area contributed by atoms with Crippen LogP contribution in [0.1, 0.15) is 18.0 Å². The monoisotopic (exact) mass is 186 g/mol. The Labute approximate surface area is 76.1 Å². The predicted molar refractivity (Wildman–Crippen MR) is 46.4 cm³/mol. The van der Waals surface area contributed by atoms with E-state index in [0.717, 1.165) is 18.7 Å². The highest BCUT2D eigenvalue weighted by molar-refractivity contribution is 6.20. The molecule has 2 heterocycles. The minimum atomic E-state index is 0.145. The lowest BCUT2D eigenvalue weighted by Gasteiger charge is -2.24. The summed E-state index contributed by atoms with van der Waals surface area (Å²) in [6.45, 7) is 1.43. The van der Waals surface area contributed by atoms with Crippen LogP contribution < -0.4 is 0 Å². The van der Waals surface area contributed by atoms with Crippen LogP contribution in [0.25, 0.3) is 0 Å². The van der Waals surface area contributed by atoms with Crippen LogP contribution in [0.2, 0.25) is 0 Å². The van der Waals surface area contributed by atoms with E-state index >= 15 is 0 Å². The molecule has 4 heteroatoms. The van der Waals surface area contributed by atoms with Crippen LogP contribution in [0.15, 0.2) is 12.3 Å². The number of aromatic nitrogens is 2. The van der Waals surface area contributed by atoms with E-state index in [1.807, 2.05) is 6.07 Å². The first-order valence-electron chi connectivity index (χ1n) is 4.07. The molecule has 2 atom stereocenters. The van der Waals surface area contributed by atoms with E-state index in [4.69, 9.17) is 16.3 Å². The van der Waals surface area contributed by atoms with Crippen LogP contribution in [-0.2, 0) is 4.74 Å². The van der Waals surface area contributed by atoms with E-state index in [-0.39, 0.29) is 5.38 Å². The molecule has 0 radical (unpaired) electrons. The van der Waals surface area contributed by atoms with E-state index in [1.165, 1.54) is 0 Å². The van der Waals surface area contributed by atoms with Crippen LogP contribution in [0.4, 0.5) is 0 Å². The number of alkyl halides is 1. The van der Waals surface area contributed by atoms with Gasteiger partial charge in [-0.25, -0.2) is 0 Å². The smallest absolute Gasteiger partial charge is 0.0630 e. The number of nitrogens with one attached hydrogen (secondary N) is 1. The van der Waals surface area contributed by atoms with E-state index < -0.39 is 0 Å². The average molecular weight is 187 g/mol. The standard InChI is InChI=1S/C8H11ClN2O/c9-7-3-6(4-12-5-7)8-1-2-10-11-8/h1-2,6-7H,3-5H2,(H,10,11). The fraction of sp³-hybridized carbons (Fsp3) is 0.625. The zero-order chi connectivity index (χ0) is 8.39. The van der Waals surface area contributed by atoms with Gasteiger partial charge >= 0.3 is 0 Å². The fourth-order valence-corrected chi connectivity index (χ4v) is 1.80. The van der Waals surface area contributed by atoms with Crippen LogP contribution in [0.3, 0.4) is 0 Å². The normalized spacial score (nSPS) is 30.4. The second-order valence-electron chi connectivity index (χ2n) is 3.08. The number of halogens is 1. The summed E-state index contributed by atoms with van der Waals surface area (Å²) in [5.41, 5.74) is 1.13. The molecule has 0 saturated carbocycles. The van der Waals surface area contributed by atoms with Crippen molar-refractivity contribution < 1.29 is 4.74 Å². The minimum Gasteiger partial charge on any atom is -0.379 e. The van der Waals surface area contributed by atoms with Crippen LogP contribution in [0, 0.1) is 0 Å². The topological polar surface area (TPSA) is 37.9 Å². The summed E-state index contributed by atoms with van der Waals surface area (Å²) in [6.07, 6.45) is 2.73. The van der Waals surface area contributed by atoms with Gasteiger partial charge in [-0.15, -0.1) is 11.6 Å². The summed E-state index contributed by atoms with van der Waals surface area (Å²) >= 11 is 5.97. The molecule has 1 saturated heterocycles. The number of nitrogens with zero attached hydrogens (tertiary/aromatic N) is 1. The summed E-state index contributed by atoms with van der Waals surface area (Å²) in [4.78, 5) is 0. The Hall–Kier alpha value is -0.540. The first-order valence-corrected chi connectivity index (χ1v) is 4.51. The highest BCUT2D eigenvalue weighted by Crippen LogP contribution is 2.26. The number of hydrogen-bond donors (Lipinski definition) is 1. The Kier molecular flexibility index (Phi) is 2.33. The largest absolute Gasteiger partial charge is 0.379 e. The molecule has 12 heavy (non-hydrogen) atoms. The van der Waals surface area contributed by atoms with Crippen molar-refractivity contribution in [3.63, 3.8) is 0 Å². The van der Waals surface area contributed by atoms with Crippen molar-refractivity contribution in [3.05, 3.63) is 18.0 Å². The van der Waals surface area contributed by atoms with Crippen molar-refractivity contribution in [2.45, 2.75) is 17.7 Å². The molecule has 1 aromatic rings. The molecule has 0 aromatic carbocycles. The summed E-state index contributed by atoms with van der Waals surface area (Å²) < 4.78 is 5.34. The third kappa shape index (κ3) is 1.62. The Morgan fingerprint density at radius 2 is 2.50 bits per heavy atom. The SMILES string of the molecule is ClC1COCC(c2ccn[nH]2)C1. The summed E-state index contributed by atoms with van der Waals surface area (Å²) in [5, 5.41) is 6.98. The lowest BCUT2D eigenvalue weighted by molar-refractivity contribution is 0.0822. The van der Waals surface area contributed by atoms with Gasteiger partial charge in [0.1, 0.15) is 0 Å². The number of H-pyrrole nitrogens is 1. The molecule has 1 fully saturated rings. The molecule has 0 amide bonds. The zero-order valence-electron chi connectivity index (χ0n) is 6.66. The number of rotatable bonds is 1. The van der Waals surface area contributed by atoms with Crippen molar-refractivity contribution in [1.82, 2.24) is 10.2 Å². The minimum absolute atomic E-state index is 0.145. The van der Waals surface area contributed by atoms with E-state index in [2.05, 4.69) is 10.2 Å². The van der Waals surface area contributed by atoms with Crippen LogP contribution in [0.5, 0.6) is 0 Å². The third-order valence-corrected chi connectivity index (χ3v) is 2.42. The number of aromatic amines is 1. The summed E-state index contributed by atoms with van der Waals surface area (Å²) in [5.74, 6) is 0.392. The van der Waals surface area contributed by atoms with Gasteiger partial charge < -0.3 is 4.74 Å². The number of hydrogen-bond acceptors (Lipinski definition) is 2. The van der Waals surface area contributed by atoms with Gasteiger partial charge in [-0.3, -0.25) is 5.10 Å². The average Bonchev–Trinajstić information content (AvgIpc) is 2.56. The quantitative estimate of drug-likeness (QED) is 0.676. The van der Waals surface area contributed by atoms with Gasteiger partial charge in [0.05, 0.1) is 18.6 Å². The second kappa shape index (κ2) is 3.46. The molecule has 1 aliphatic heterocycles. The van der Waals surface area contributed by atoms with Crippen molar-refractivity contribution in [2.75, 3.05) is 13.2 Å². The molecule has 2 unspecified atom stereocenters. The Balaban J connectivity index is 2.04. The van der Waals surface area contributed by atoms with Gasteiger partial charge in [0.15, 0.2) is 0 Å². The van der Waals surface area contributed by atoms with Gasteiger partial charge in [-0.05, 0) is 12.5 Å². The van der Waals surface area contributed by atoms with Crippen molar-refractivity contribution >= 4 is 11.6 Å². The van der Waals surface area contributed by atoms with Crippen molar-refractivity contribution in [2.24, 2.45) is 0 Å². The molecule has 0 spiro atoms. The molecule has 1 aliphatic rings. The predicted octanol–water partition coefficient (Wildman–Crippen LogP) is 1.52. The molecule has 1 N–H and O–H groups in total. The second-order valence-corrected chi connectivity index (χ2v) is 3.70. The van der Waals surface area contributed by atoms with Crippen LogP contribution >= 0.6 is 11.6 Å². The lowest BCUT2D eigenvalue weighted by atomic mass is 9.99. The van der Waals surface area contributed by atoms with Crippen LogP contribution in [-0.4, -0.2) is 28.8 Å². The van der Waals surface area contributed by atoms with Gasteiger partial charge in [0.25, 0.3) is 0 Å². The maximum absolute atomic E-state index is 5.97. The first-order chi connectivity index (χ1) is 5.86. The molecule has 0 bridgehead atoms. The molecular weight excluding hydrogens is 176 g/mol. The highest BCUT2D eigenvalue weighted by Gasteiger charge is 2.22. The maximum Gasteiger partial charge on any atom is 0.0630 e. The first kappa shape index (κ1) is 8.08. The lowest BCUT2D eigenvalue weighted by Crippen LogP contribution is -2.24. The van der Waals surface area contributed by atoms with E-state index in [9.17, 15) is 0 Å². The molecule has 3 nitrogen and oxygen atoms in total. The Morgan fingerprint density at radius 1 is 1.58 bits per heavy atom. The van der Waals surface area contributed by atoms with Crippen molar-refractivity contribution in [3.8, 4) is 0 Å². The molecule has 66 valence electrons. The third-order valence-electron chi connectivity index (χ3n) is 2.12. The maximum atomic E-state index is 5.97. The van der Waals surface area contributed by atoms with E-state index in [0.29, 0.717) is 12.5 Å². The summed E-state index contributed by atoms with van der Waals surface area (Å²) in [6, 6.07) is 1.98. The number of ether oxygens (including phenoxy) is 1. The summed E-state index contributed by atoms with van der Waals surface area (Å²) in [7, 11) is 0.